The van der Waals surface area contributed by atoms with E-state index in [-0.39, 0.29) is 25.5 Å². The summed E-state index contributed by atoms with van der Waals surface area (Å²) in [5.74, 6) is -1.58. The van der Waals surface area contributed by atoms with Gasteiger partial charge in [0.1, 0.15) is 0 Å². The van der Waals surface area contributed by atoms with Gasteiger partial charge in [-0.15, -0.1) is 0 Å². The first-order valence-corrected chi connectivity index (χ1v) is 10.4. The number of nitrogens with zero attached hydrogens (tertiary/aromatic N) is 1. The number of esters is 1. The van der Waals surface area contributed by atoms with Crippen molar-refractivity contribution in [3.05, 3.63) is 59.2 Å². The van der Waals surface area contributed by atoms with Crippen LogP contribution >= 0.6 is 0 Å². The van der Waals surface area contributed by atoms with Gasteiger partial charge in [-0.2, -0.15) is 0 Å². The summed E-state index contributed by atoms with van der Waals surface area (Å²) >= 11 is 0. The topological polar surface area (TPSA) is 75.7 Å². The molecule has 1 N–H and O–H groups in total. The summed E-state index contributed by atoms with van der Waals surface area (Å²) in [4.78, 5) is 39.0. The van der Waals surface area contributed by atoms with E-state index < -0.39 is 17.8 Å². The summed E-state index contributed by atoms with van der Waals surface area (Å²) in [5, 5.41) is 2.71. The van der Waals surface area contributed by atoms with Crippen LogP contribution in [0.1, 0.15) is 37.0 Å². The molecule has 6 heteroatoms. The van der Waals surface area contributed by atoms with Crippen molar-refractivity contribution in [1.82, 2.24) is 0 Å². The minimum atomic E-state index is -0.570. The Hall–Kier alpha value is -3.15. The van der Waals surface area contributed by atoms with Gasteiger partial charge in [0.15, 0.2) is 6.61 Å². The SMILES string of the molecule is CCc1cccc(CC)c1N1C[C@H](C(=O)OCC(=O)Nc2cccc(C)c2)CC1=O. The molecule has 1 fully saturated rings. The first kappa shape index (κ1) is 21.6. The highest BCUT2D eigenvalue weighted by Crippen LogP contribution is 2.32. The molecule has 3 rings (SSSR count). The lowest BCUT2D eigenvalue weighted by Crippen LogP contribution is -2.29. The number of rotatable bonds is 7. The number of nitrogens with one attached hydrogen (secondary N) is 1. The Morgan fingerprint density at radius 1 is 1.10 bits per heavy atom. The van der Waals surface area contributed by atoms with Gasteiger partial charge in [-0.3, -0.25) is 14.4 Å². The van der Waals surface area contributed by atoms with Crippen LogP contribution in [0.4, 0.5) is 11.4 Å². The first-order valence-electron chi connectivity index (χ1n) is 10.4. The molecule has 1 aliphatic heterocycles. The number of hydrogen-bond acceptors (Lipinski definition) is 4. The van der Waals surface area contributed by atoms with Gasteiger partial charge >= 0.3 is 5.97 Å². The Balaban J connectivity index is 1.61. The Morgan fingerprint density at radius 2 is 1.77 bits per heavy atom. The number of amides is 2. The van der Waals surface area contributed by atoms with E-state index in [2.05, 4.69) is 19.2 Å². The maximum absolute atomic E-state index is 12.7. The van der Waals surface area contributed by atoms with E-state index >= 15 is 0 Å². The molecule has 0 unspecified atom stereocenters. The van der Waals surface area contributed by atoms with Gasteiger partial charge in [-0.25, -0.2) is 0 Å². The van der Waals surface area contributed by atoms with E-state index in [1.165, 1.54) is 0 Å². The van der Waals surface area contributed by atoms with E-state index in [0.717, 1.165) is 35.2 Å². The van der Waals surface area contributed by atoms with Crippen molar-refractivity contribution >= 4 is 29.2 Å². The second-order valence-electron chi connectivity index (χ2n) is 7.56. The van der Waals surface area contributed by atoms with Crippen molar-refractivity contribution in [3.63, 3.8) is 0 Å². The monoisotopic (exact) mass is 408 g/mol. The molecule has 0 aromatic heterocycles. The Labute approximate surface area is 177 Å². The summed E-state index contributed by atoms with van der Waals surface area (Å²) in [6.45, 7) is 5.94. The fourth-order valence-electron chi connectivity index (χ4n) is 3.82. The molecule has 1 atom stereocenters. The summed E-state index contributed by atoms with van der Waals surface area (Å²) < 4.78 is 5.21. The number of ether oxygens (including phenoxy) is 1. The maximum Gasteiger partial charge on any atom is 0.311 e. The molecule has 1 heterocycles. The minimum absolute atomic E-state index is 0.0863. The van der Waals surface area contributed by atoms with Crippen LogP contribution in [0.15, 0.2) is 42.5 Å². The van der Waals surface area contributed by atoms with Crippen LogP contribution in [-0.4, -0.2) is 30.9 Å². The van der Waals surface area contributed by atoms with Crippen LogP contribution in [-0.2, 0) is 32.0 Å². The third kappa shape index (κ3) is 4.87. The second kappa shape index (κ2) is 9.57. The number of hydrogen-bond donors (Lipinski definition) is 1. The van der Waals surface area contributed by atoms with E-state index in [0.29, 0.717) is 5.69 Å². The molecule has 0 aliphatic carbocycles. The quantitative estimate of drug-likeness (QED) is 0.710. The van der Waals surface area contributed by atoms with Crippen LogP contribution in [0.25, 0.3) is 0 Å². The Morgan fingerprint density at radius 3 is 2.40 bits per heavy atom. The zero-order valence-corrected chi connectivity index (χ0v) is 17.7. The van der Waals surface area contributed by atoms with E-state index in [1.807, 2.05) is 43.3 Å². The zero-order chi connectivity index (χ0) is 21.7. The minimum Gasteiger partial charge on any atom is -0.455 e. The van der Waals surface area contributed by atoms with E-state index in [1.54, 1.807) is 11.0 Å². The summed E-state index contributed by atoms with van der Waals surface area (Å²) in [7, 11) is 0. The lowest BCUT2D eigenvalue weighted by Gasteiger charge is -2.23. The van der Waals surface area contributed by atoms with Gasteiger partial charge in [-0.05, 0) is 48.6 Å². The molecular formula is C24H28N2O4. The van der Waals surface area contributed by atoms with Gasteiger partial charge in [0.25, 0.3) is 5.91 Å². The molecule has 6 nitrogen and oxygen atoms in total. The van der Waals surface area contributed by atoms with Crippen LogP contribution in [0, 0.1) is 12.8 Å². The van der Waals surface area contributed by atoms with Crippen LogP contribution in [0.2, 0.25) is 0 Å². The molecule has 30 heavy (non-hydrogen) atoms. The van der Waals surface area contributed by atoms with Crippen molar-refractivity contribution < 1.29 is 19.1 Å². The predicted molar refractivity (Wildman–Crippen MR) is 116 cm³/mol. The maximum atomic E-state index is 12.7. The van der Waals surface area contributed by atoms with Crippen molar-refractivity contribution in [3.8, 4) is 0 Å². The molecule has 2 amide bonds. The normalized spacial score (nSPS) is 15.9. The highest BCUT2D eigenvalue weighted by atomic mass is 16.5. The number of carbonyl (C=O) groups is 3. The number of benzene rings is 2. The molecular weight excluding hydrogens is 380 g/mol. The molecule has 0 bridgehead atoms. The summed E-state index contributed by atoms with van der Waals surface area (Å²) in [6.07, 6.45) is 1.71. The van der Waals surface area contributed by atoms with Crippen molar-refractivity contribution in [1.29, 1.82) is 0 Å². The van der Waals surface area contributed by atoms with E-state index in [9.17, 15) is 14.4 Å². The lowest BCUT2D eigenvalue weighted by molar-refractivity contribution is -0.151. The van der Waals surface area contributed by atoms with Crippen molar-refractivity contribution in [2.75, 3.05) is 23.4 Å². The van der Waals surface area contributed by atoms with Gasteiger partial charge < -0.3 is 15.0 Å². The average molecular weight is 408 g/mol. The van der Waals surface area contributed by atoms with Crippen molar-refractivity contribution in [2.45, 2.75) is 40.0 Å². The molecule has 0 spiro atoms. The van der Waals surface area contributed by atoms with Crippen LogP contribution in [0.3, 0.4) is 0 Å². The third-order valence-corrected chi connectivity index (χ3v) is 5.34. The molecule has 2 aromatic carbocycles. The average Bonchev–Trinajstić information content (AvgIpc) is 3.12. The smallest absolute Gasteiger partial charge is 0.311 e. The van der Waals surface area contributed by atoms with Gasteiger partial charge in [0.2, 0.25) is 5.91 Å². The highest BCUT2D eigenvalue weighted by Gasteiger charge is 2.37. The Kier molecular flexibility index (Phi) is 6.87. The summed E-state index contributed by atoms with van der Waals surface area (Å²) in [6, 6.07) is 13.4. The first-order chi connectivity index (χ1) is 14.4. The number of anilines is 2. The number of para-hydroxylation sites is 1. The zero-order valence-electron chi connectivity index (χ0n) is 17.7. The molecule has 158 valence electrons. The number of aryl methyl sites for hydroxylation is 3. The van der Waals surface area contributed by atoms with E-state index in [4.69, 9.17) is 4.74 Å². The lowest BCUT2D eigenvalue weighted by atomic mass is 10.0. The molecule has 1 aliphatic rings. The fraction of sp³-hybridized carbons (Fsp3) is 0.375. The fourth-order valence-corrected chi connectivity index (χ4v) is 3.82. The molecule has 0 radical (unpaired) electrons. The third-order valence-electron chi connectivity index (χ3n) is 5.34. The molecule has 2 aromatic rings. The van der Waals surface area contributed by atoms with Gasteiger partial charge in [0, 0.05) is 24.3 Å². The van der Waals surface area contributed by atoms with Gasteiger partial charge in [0.05, 0.1) is 5.92 Å². The second-order valence-corrected chi connectivity index (χ2v) is 7.56. The Bertz CT molecular complexity index is 932. The van der Waals surface area contributed by atoms with Gasteiger partial charge in [-0.1, -0.05) is 44.2 Å². The summed E-state index contributed by atoms with van der Waals surface area (Å²) in [5.41, 5.74) is 4.78. The molecule has 1 saturated heterocycles. The van der Waals surface area contributed by atoms with Crippen LogP contribution < -0.4 is 10.2 Å². The largest absolute Gasteiger partial charge is 0.455 e. The molecule has 0 saturated carbocycles. The predicted octanol–water partition coefficient (Wildman–Crippen LogP) is 3.65. The van der Waals surface area contributed by atoms with Crippen LogP contribution in [0.5, 0.6) is 0 Å². The van der Waals surface area contributed by atoms with Crippen molar-refractivity contribution in [2.24, 2.45) is 5.92 Å². The standard InChI is InChI=1S/C24H28N2O4/c1-4-17-9-7-10-18(5-2)23(17)26-14-19(13-22(26)28)24(29)30-15-21(27)25-20-11-6-8-16(3)12-20/h6-12,19H,4-5,13-15H2,1-3H3,(H,25,27)/t19-/m1/s1. The highest BCUT2D eigenvalue weighted by molar-refractivity contribution is 6.01. The number of carbonyl (C=O) groups excluding carboxylic acids is 3.